The Kier molecular flexibility index (Phi) is 10.7. The second-order valence-corrected chi connectivity index (χ2v) is 6.38. The number of carbonyl (C=O) groups is 2. The molecule has 0 heterocycles. The molecule has 0 aliphatic rings. The van der Waals surface area contributed by atoms with Crippen molar-refractivity contribution < 1.29 is 14.3 Å². The molecule has 1 rings (SSSR count). The molecule has 132 valence electrons. The highest BCUT2D eigenvalue weighted by Crippen LogP contribution is 2.18. The van der Waals surface area contributed by atoms with Crippen molar-refractivity contribution in [2.45, 2.75) is 45.4 Å². The quantitative estimate of drug-likeness (QED) is 0.470. The molecule has 0 aliphatic carbocycles. The van der Waals surface area contributed by atoms with Gasteiger partial charge in [-0.3, -0.25) is 9.59 Å². The Bertz CT molecular complexity index is 543. The third-order valence-corrected chi connectivity index (χ3v) is 4.25. The second-order valence-electron chi connectivity index (χ2n) is 5.50. The molecule has 0 spiro atoms. The maximum Gasteiger partial charge on any atom is 0.244 e. The van der Waals surface area contributed by atoms with E-state index in [-0.39, 0.29) is 11.0 Å². The van der Waals surface area contributed by atoms with Crippen molar-refractivity contribution in [3.05, 3.63) is 41.3 Å². The van der Waals surface area contributed by atoms with E-state index in [2.05, 4.69) is 12.2 Å². The van der Waals surface area contributed by atoms with Crippen LogP contribution in [0.1, 0.15) is 55.8 Å². The summed E-state index contributed by atoms with van der Waals surface area (Å²) in [6.07, 6.45) is 8.57. The fourth-order valence-corrected chi connectivity index (χ4v) is 2.73. The molecule has 0 radical (unpaired) electrons. The van der Waals surface area contributed by atoms with Crippen molar-refractivity contribution in [1.29, 1.82) is 0 Å². The van der Waals surface area contributed by atoms with Gasteiger partial charge in [0.2, 0.25) is 11.0 Å². The molecule has 0 unspecified atom stereocenters. The van der Waals surface area contributed by atoms with Crippen LogP contribution in [0.2, 0.25) is 0 Å². The maximum atomic E-state index is 12.0. The van der Waals surface area contributed by atoms with Crippen molar-refractivity contribution in [3.63, 3.8) is 0 Å². The van der Waals surface area contributed by atoms with Gasteiger partial charge >= 0.3 is 0 Å². The standard InChI is InChI=1S/C19H27NO3S/c1-3-4-5-6-7-8-13-20-18(21)12-14-24-19(22)16-10-9-11-17(15-16)23-2/h9-12,14-15H,3-8,13H2,1-2H3,(H,20,21). The lowest BCUT2D eigenvalue weighted by Crippen LogP contribution is -2.21. The minimum absolute atomic E-state index is 0.117. The largest absolute Gasteiger partial charge is 0.497 e. The highest BCUT2D eigenvalue weighted by molar-refractivity contribution is 8.16. The van der Waals surface area contributed by atoms with Crippen LogP contribution in [0.5, 0.6) is 5.75 Å². The van der Waals surface area contributed by atoms with Crippen LogP contribution in [0.15, 0.2) is 35.7 Å². The first-order valence-electron chi connectivity index (χ1n) is 8.46. The Morgan fingerprint density at radius 1 is 1.17 bits per heavy atom. The van der Waals surface area contributed by atoms with Gasteiger partial charge in [-0.2, -0.15) is 0 Å². The number of unbranched alkanes of at least 4 members (excludes halogenated alkanes) is 5. The first kappa shape index (κ1) is 20.3. The number of benzene rings is 1. The summed E-state index contributed by atoms with van der Waals surface area (Å²) in [5.41, 5.74) is 0.552. The Balaban J connectivity index is 2.21. The molecule has 4 nitrogen and oxygen atoms in total. The van der Waals surface area contributed by atoms with Crippen molar-refractivity contribution in [1.82, 2.24) is 5.32 Å². The average Bonchev–Trinajstić information content (AvgIpc) is 2.61. The molecule has 0 saturated carbocycles. The van der Waals surface area contributed by atoms with E-state index in [1.54, 1.807) is 31.4 Å². The predicted octanol–water partition coefficient (Wildman–Crippen LogP) is 4.56. The number of carbonyl (C=O) groups excluding carboxylic acids is 2. The zero-order chi connectivity index (χ0) is 17.6. The maximum absolute atomic E-state index is 12.0. The fourth-order valence-electron chi connectivity index (χ4n) is 2.15. The van der Waals surface area contributed by atoms with Crippen molar-refractivity contribution in [3.8, 4) is 5.75 Å². The van der Waals surface area contributed by atoms with Gasteiger partial charge < -0.3 is 10.1 Å². The Morgan fingerprint density at radius 3 is 2.67 bits per heavy atom. The van der Waals surface area contributed by atoms with E-state index in [0.717, 1.165) is 24.6 Å². The van der Waals surface area contributed by atoms with Crippen LogP contribution in [0.25, 0.3) is 0 Å². The van der Waals surface area contributed by atoms with Gasteiger partial charge in [0, 0.05) is 18.2 Å². The lowest BCUT2D eigenvalue weighted by atomic mass is 10.1. The predicted molar refractivity (Wildman–Crippen MR) is 100 cm³/mol. The minimum Gasteiger partial charge on any atom is -0.497 e. The summed E-state index contributed by atoms with van der Waals surface area (Å²) < 4.78 is 5.09. The normalized spacial score (nSPS) is 10.8. The molecule has 1 N–H and O–H groups in total. The van der Waals surface area contributed by atoms with Gasteiger partial charge in [-0.25, -0.2) is 0 Å². The molecule has 0 bridgehead atoms. The highest BCUT2D eigenvalue weighted by Gasteiger charge is 2.06. The van der Waals surface area contributed by atoms with Crippen LogP contribution in [0, 0.1) is 0 Å². The molecule has 0 aromatic heterocycles. The van der Waals surface area contributed by atoms with E-state index in [1.165, 1.54) is 37.2 Å². The lowest BCUT2D eigenvalue weighted by molar-refractivity contribution is -0.116. The van der Waals surface area contributed by atoms with Crippen LogP contribution >= 0.6 is 11.8 Å². The van der Waals surface area contributed by atoms with Gasteiger partial charge in [0.25, 0.3) is 0 Å². The van der Waals surface area contributed by atoms with Crippen LogP contribution in [-0.2, 0) is 4.79 Å². The smallest absolute Gasteiger partial charge is 0.244 e. The third-order valence-electron chi connectivity index (χ3n) is 3.53. The summed E-state index contributed by atoms with van der Waals surface area (Å²) in [7, 11) is 1.56. The summed E-state index contributed by atoms with van der Waals surface area (Å²) in [4.78, 5) is 23.7. The number of rotatable bonds is 11. The van der Waals surface area contributed by atoms with E-state index in [9.17, 15) is 9.59 Å². The highest BCUT2D eigenvalue weighted by atomic mass is 32.2. The van der Waals surface area contributed by atoms with Gasteiger partial charge in [0.05, 0.1) is 7.11 Å². The number of amides is 1. The third kappa shape index (κ3) is 8.77. The lowest BCUT2D eigenvalue weighted by Gasteiger charge is -2.03. The van der Waals surface area contributed by atoms with E-state index >= 15 is 0 Å². The van der Waals surface area contributed by atoms with Crippen molar-refractivity contribution >= 4 is 22.8 Å². The Labute approximate surface area is 149 Å². The molecule has 5 heteroatoms. The van der Waals surface area contributed by atoms with Crippen LogP contribution in [-0.4, -0.2) is 24.7 Å². The summed E-state index contributed by atoms with van der Waals surface area (Å²) in [6, 6.07) is 6.96. The molecule has 24 heavy (non-hydrogen) atoms. The zero-order valence-electron chi connectivity index (χ0n) is 14.5. The van der Waals surface area contributed by atoms with Crippen LogP contribution in [0.4, 0.5) is 0 Å². The number of hydrogen-bond acceptors (Lipinski definition) is 4. The molecule has 0 atom stereocenters. The molecule has 1 aromatic rings. The van der Waals surface area contributed by atoms with E-state index < -0.39 is 0 Å². The molecule has 1 aromatic carbocycles. The SMILES string of the molecule is CCCCCCCCNC(=O)C=CSC(=O)c1cccc(OC)c1. The molecule has 0 aliphatic heterocycles. The van der Waals surface area contributed by atoms with Gasteiger partial charge in [-0.05, 0) is 24.0 Å². The van der Waals surface area contributed by atoms with Crippen molar-refractivity contribution in [2.75, 3.05) is 13.7 Å². The van der Waals surface area contributed by atoms with E-state index in [4.69, 9.17) is 4.74 Å². The van der Waals surface area contributed by atoms with Gasteiger partial charge in [-0.15, -0.1) is 0 Å². The molecular weight excluding hydrogens is 322 g/mol. The first-order valence-corrected chi connectivity index (χ1v) is 9.34. The summed E-state index contributed by atoms with van der Waals surface area (Å²) in [5.74, 6) is 0.483. The monoisotopic (exact) mass is 349 g/mol. The van der Waals surface area contributed by atoms with E-state index in [1.807, 2.05) is 0 Å². The number of thioether (sulfide) groups is 1. The van der Waals surface area contributed by atoms with E-state index in [0.29, 0.717) is 17.9 Å². The van der Waals surface area contributed by atoms with Crippen LogP contribution < -0.4 is 10.1 Å². The molecule has 0 fully saturated rings. The Hall–Kier alpha value is -1.75. The minimum atomic E-state index is -0.158. The summed E-state index contributed by atoms with van der Waals surface area (Å²) >= 11 is 0.994. The number of ether oxygens (including phenoxy) is 1. The second kappa shape index (κ2) is 12.6. The molecular formula is C19H27NO3S. The summed E-state index contributed by atoms with van der Waals surface area (Å²) in [5, 5.41) is 4.24. The van der Waals surface area contributed by atoms with Gasteiger partial charge in [0.15, 0.2) is 0 Å². The zero-order valence-corrected chi connectivity index (χ0v) is 15.4. The Morgan fingerprint density at radius 2 is 1.92 bits per heavy atom. The first-order chi connectivity index (χ1) is 11.7. The van der Waals surface area contributed by atoms with Gasteiger partial charge in [0.1, 0.15) is 5.75 Å². The fraction of sp³-hybridized carbons (Fsp3) is 0.474. The van der Waals surface area contributed by atoms with Crippen LogP contribution in [0.3, 0.4) is 0 Å². The van der Waals surface area contributed by atoms with Crippen molar-refractivity contribution in [2.24, 2.45) is 0 Å². The number of methoxy groups -OCH3 is 1. The summed E-state index contributed by atoms with van der Waals surface area (Å²) in [6.45, 7) is 2.88. The number of hydrogen-bond donors (Lipinski definition) is 1. The number of nitrogens with one attached hydrogen (secondary N) is 1. The average molecular weight is 349 g/mol. The topological polar surface area (TPSA) is 55.4 Å². The molecule has 0 saturated heterocycles. The van der Waals surface area contributed by atoms with Gasteiger partial charge in [-0.1, -0.05) is 62.9 Å². The molecule has 1 amide bonds.